The standard InChI is InChI=1S/C5H5N5.C5H12N2O.C5H10O2.CH4O/c6-4-3-5(9-1-7-3)10-2-8-4;1-3(2)4(6)5(7)8;6-5-2-1-3-7-4-5;1-2/h1-2H,(H3,6,7,8,9,10);3-4H,6H2,1-2H3,(H2,7,8);5-6H,1-4H2;2H,1H3. The molecule has 2 unspecified atom stereocenters. The van der Waals surface area contributed by atoms with E-state index in [2.05, 4.69) is 19.9 Å². The summed E-state index contributed by atoms with van der Waals surface area (Å²) >= 11 is 0. The number of hydrogen-bond acceptors (Lipinski definition) is 9. The van der Waals surface area contributed by atoms with Gasteiger partial charge in [0.25, 0.3) is 0 Å². The molecule has 2 atom stereocenters. The Kier molecular flexibility index (Phi) is 12.6. The third-order valence-corrected chi connectivity index (χ3v) is 3.44. The average molecular weight is 385 g/mol. The van der Waals surface area contributed by atoms with Crippen molar-refractivity contribution in [1.29, 1.82) is 0 Å². The van der Waals surface area contributed by atoms with Gasteiger partial charge in [-0.05, 0) is 18.8 Å². The summed E-state index contributed by atoms with van der Waals surface area (Å²) in [4.78, 5) is 24.6. The molecular weight excluding hydrogens is 354 g/mol. The van der Waals surface area contributed by atoms with Crippen molar-refractivity contribution in [2.75, 3.05) is 26.1 Å². The van der Waals surface area contributed by atoms with Crippen LogP contribution in [0, 0.1) is 5.92 Å². The molecule has 2 aromatic rings. The van der Waals surface area contributed by atoms with Crippen molar-refractivity contribution in [2.45, 2.75) is 38.8 Å². The summed E-state index contributed by atoms with van der Waals surface area (Å²) in [5.74, 6) is 0.148. The number of carbonyl (C=O) groups excluding carboxylic acids is 1. The lowest BCUT2D eigenvalue weighted by Gasteiger charge is -2.15. The van der Waals surface area contributed by atoms with Crippen molar-refractivity contribution < 1.29 is 19.7 Å². The Balaban J connectivity index is 0.000000365. The van der Waals surface area contributed by atoms with Gasteiger partial charge < -0.3 is 37.1 Å². The van der Waals surface area contributed by atoms with E-state index in [4.69, 9.17) is 32.2 Å². The van der Waals surface area contributed by atoms with Crippen molar-refractivity contribution >= 4 is 22.9 Å². The molecule has 154 valence electrons. The van der Waals surface area contributed by atoms with Gasteiger partial charge in [0.15, 0.2) is 11.5 Å². The third kappa shape index (κ3) is 9.80. The SMILES string of the molecule is CC(C)C(N)C(N)=O.CO.Nc1ncnc2nc[nH]c12.OC1CCCOC1. The number of nitrogens with zero attached hydrogens (tertiary/aromatic N) is 3. The van der Waals surface area contributed by atoms with E-state index in [9.17, 15) is 4.79 Å². The molecule has 0 aliphatic carbocycles. The van der Waals surface area contributed by atoms with Crippen LogP contribution in [0.3, 0.4) is 0 Å². The maximum Gasteiger partial charge on any atom is 0.234 e. The highest BCUT2D eigenvalue weighted by Crippen LogP contribution is 2.09. The maximum absolute atomic E-state index is 10.2. The molecule has 11 nitrogen and oxygen atoms in total. The van der Waals surface area contributed by atoms with Crippen LogP contribution in [0.4, 0.5) is 5.82 Å². The fraction of sp³-hybridized carbons (Fsp3) is 0.625. The Morgan fingerprint density at radius 3 is 2.37 bits per heavy atom. The second-order valence-corrected chi connectivity index (χ2v) is 5.90. The molecule has 3 heterocycles. The first-order valence-corrected chi connectivity index (χ1v) is 8.47. The Morgan fingerprint density at radius 1 is 1.33 bits per heavy atom. The van der Waals surface area contributed by atoms with E-state index in [0.29, 0.717) is 23.6 Å². The quantitative estimate of drug-likeness (QED) is 0.381. The summed E-state index contributed by atoms with van der Waals surface area (Å²) < 4.78 is 4.93. The molecule has 1 saturated heterocycles. The van der Waals surface area contributed by atoms with Crippen molar-refractivity contribution in [3.63, 3.8) is 0 Å². The van der Waals surface area contributed by atoms with Gasteiger partial charge >= 0.3 is 0 Å². The Morgan fingerprint density at radius 2 is 2.00 bits per heavy atom. The van der Waals surface area contributed by atoms with Crippen LogP contribution in [0.1, 0.15) is 26.7 Å². The average Bonchev–Trinajstić information content (AvgIpc) is 3.14. The number of hydrogen-bond donors (Lipinski definition) is 6. The summed E-state index contributed by atoms with van der Waals surface area (Å²) in [6, 6.07) is -0.491. The Labute approximate surface area is 158 Å². The highest BCUT2D eigenvalue weighted by molar-refractivity contribution is 5.80. The molecule has 1 fully saturated rings. The lowest BCUT2D eigenvalue weighted by molar-refractivity contribution is -0.120. The van der Waals surface area contributed by atoms with Gasteiger partial charge in [-0.1, -0.05) is 13.8 Å². The van der Waals surface area contributed by atoms with Crippen molar-refractivity contribution in [3.05, 3.63) is 12.7 Å². The molecule has 0 spiro atoms. The second-order valence-electron chi connectivity index (χ2n) is 5.90. The van der Waals surface area contributed by atoms with E-state index >= 15 is 0 Å². The van der Waals surface area contributed by atoms with E-state index in [1.54, 1.807) is 0 Å². The fourth-order valence-electron chi connectivity index (χ4n) is 1.84. The van der Waals surface area contributed by atoms with Crippen LogP contribution in [0.5, 0.6) is 0 Å². The lowest BCUT2D eigenvalue weighted by atomic mass is 10.1. The minimum Gasteiger partial charge on any atom is -0.400 e. The first-order valence-electron chi connectivity index (χ1n) is 8.47. The fourth-order valence-corrected chi connectivity index (χ4v) is 1.84. The van der Waals surface area contributed by atoms with Crippen LogP contribution >= 0.6 is 0 Å². The number of ether oxygens (including phenoxy) is 1. The largest absolute Gasteiger partial charge is 0.400 e. The maximum atomic E-state index is 10.2. The smallest absolute Gasteiger partial charge is 0.234 e. The number of carbonyl (C=O) groups is 1. The lowest BCUT2D eigenvalue weighted by Crippen LogP contribution is -2.40. The number of fused-ring (bicyclic) bond motifs is 1. The number of primary amides is 1. The Hall–Kier alpha value is -2.34. The molecule has 2 aromatic heterocycles. The number of nitrogen functional groups attached to an aromatic ring is 1. The number of anilines is 1. The predicted molar refractivity (Wildman–Crippen MR) is 102 cm³/mol. The van der Waals surface area contributed by atoms with Gasteiger partial charge in [0, 0.05) is 13.7 Å². The summed E-state index contributed by atoms with van der Waals surface area (Å²) in [6.07, 6.45) is 4.67. The zero-order valence-electron chi connectivity index (χ0n) is 16.0. The molecule has 1 aliphatic heterocycles. The molecular formula is C16H31N7O4. The number of aromatic nitrogens is 4. The highest BCUT2D eigenvalue weighted by Gasteiger charge is 2.12. The van der Waals surface area contributed by atoms with E-state index in [1.807, 2.05) is 13.8 Å². The number of nitrogens with two attached hydrogens (primary N) is 3. The van der Waals surface area contributed by atoms with Crippen molar-refractivity contribution in [3.8, 4) is 0 Å². The van der Waals surface area contributed by atoms with Gasteiger partial charge in [0.1, 0.15) is 11.8 Å². The summed E-state index contributed by atoms with van der Waals surface area (Å²) in [5.41, 5.74) is 16.9. The van der Waals surface area contributed by atoms with Crippen LogP contribution in [0.15, 0.2) is 12.7 Å². The number of H-pyrrole nitrogens is 1. The number of amides is 1. The van der Waals surface area contributed by atoms with Gasteiger partial charge in [-0.3, -0.25) is 4.79 Å². The van der Waals surface area contributed by atoms with Gasteiger partial charge in [-0.15, -0.1) is 0 Å². The van der Waals surface area contributed by atoms with Gasteiger partial charge in [0.05, 0.1) is 25.1 Å². The topological polar surface area (TPSA) is 199 Å². The molecule has 9 N–H and O–H groups in total. The number of aliphatic hydroxyl groups excluding tert-OH is 2. The number of imidazole rings is 1. The molecule has 0 radical (unpaired) electrons. The van der Waals surface area contributed by atoms with Gasteiger partial charge in [-0.25, -0.2) is 15.0 Å². The van der Waals surface area contributed by atoms with Crippen LogP contribution in [-0.4, -0.2) is 68.5 Å². The molecule has 1 aliphatic rings. The van der Waals surface area contributed by atoms with E-state index < -0.39 is 11.9 Å². The van der Waals surface area contributed by atoms with Crippen LogP contribution in [0.2, 0.25) is 0 Å². The molecule has 27 heavy (non-hydrogen) atoms. The van der Waals surface area contributed by atoms with Crippen molar-refractivity contribution in [2.24, 2.45) is 17.4 Å². The number of rotatable bonds is 2. The third-order valence-electron chi connectivity index (χ3n) is 3.44. The minimum atomic E-state index is -0.491. The first kappa shape index (κ1) is 24.7. The first-order chi connectivity index (χ1) is 12.8. The molecule has 3 rings (SSSR count). The van der Waals surface area contributed by atoms with E-state index in [-0.39, 0.29) is 12.0 Å². The zero-order valence-corrected chi connectivity index (χ0v) is 16.0. The zero-order chi connectivity index (χ0) is 20.8. The minimum absolute atomic E-state index is 0.146. The molecule has 11 heteroatoms. The van der Waals surface area contributed by atoms with Crippen LogP contribution < -0.4 is 17.2 Å². The molecule has 0 bridgehead atoms. The molecule has 0 aromatic carbocycles. The molecule has 0 saturated carbocycles. The van der Waals surface area contributed by atoms with Crippen LogP contribution in [-0.2, 0) is 9.53 Å². The van der Waals surface area contributed by atoms with E-state index in [0.717, 1.165) is 26.6 Å². The summed E-state index contributed by atoms with van der Waals surface area (Å²) in [6.45, 7) is 5.09. The second kappa shape index (κ2) is 13.8. The normalized spacial score (nSPS) is 16.8. The summed E-state index contributed by atoms with van der Waals surface area (Å²) in [7, 11) is 1.00. The van der Waals surface area contributed by atoms with Gasteiger partial charge in [-0.2, -0.15) is 0 Å². The molecule has 1 amide bonds. The monoisotopic (exact) mass is 385 g/mol. The number of nitrogens with one attached hydrogen (secondary N) is 1. The Bertz CT molecular complexity index is 644. The number of aliphatic hydroxyl groups is 2. The van der Waals surface area contributed by atoms with E-state index in [1.165, 1.54) is 12.7 Å². The van der Waals surface area contributed by atoms with Crippen molar-refractivity contribution in [1.82, 2.24) is 19.9 Å². The summed E-state index contributed by atoms with van der Waals surface area (Å²) in [5, 5.41) is 15.8. The highest BCUT2D eigenvalue weighted by atomic mass is 16.5. The predicted octanol–water partition coefficient (Wildman–Crippen LogP) is -0.844. The van der Waals surface area contributed by atoms with Gasteiger partial charge in [0.2, 0.25) is 5.91 Å². The number of aromatic amines is 1. The van der Waals surface area contributed by atoms with Crippen LogP contribution in [0.25, 0.3) is 11.2 Å².